The highest BCUT2D eigenvalue weighted by molar-refractivity contribution is 7.89. The summed E-state index contributed by atoms with van der Waals surface area (Å²) in [7, 11) is -2.12. The summed E-state index contributed by atoms with van der Waals surface area (Å²) < 4.78 is 34.1. The molecule has 1 aromatic heterocycles. The first-order chi connectivity index (χ1) is 13.9. The zero-order valence-corrected chi connectivity index (χ0v) is 16.7. The van der Waals surface area contributed by atoms with E-state index in [4.69, 9.17) is 4.74 Å². The number of carbonyl (C=O) groups is 2. The summed E-state index contributed by atoms with van der Waals surface area (Å²) in [6.45, 7) is 1.02. The highest BCUT2D eigenvalue weighted by Gasteiger charge is 2.35. The first-order valence-corrected chi connectivity index (χ1v) is 10.7. The molecule has 2 amide bonds. The number of benzene rings is 1. The van der Waals surface area contributed by atoms with Crippen LogP contribution in [0.1, 0.15) is 31.0 Å². The molecular formula is C18H21N5O5S. The average molecular weight is 419 g/mol. The molecule has 2 aliphatic rings. The van der Waals surface area contributed by atoms with Crippen LogP contribution in [0.3, 0.4) is 0 Å². The van der Waals surface area contributed by atoms with E-state index in [9.17, 15) is 18.0 Å². The van der Waals surface area contributed by atoms with Gasteiger partial charge in [-0.25, -0.2) is 13.1 Å². The Morgan fingerprint density at radius 1 is 1.14 bits per heavy atom. The van der Waals surface area contributed by atoms with Crippen molar-refractivity contribution in [2.45, 2.75) is 36.8 Å². The number of hydrogen-bond donors (Lipinski definition) is 0. The van der Waals surface area contributed by atoms with Gasteiger partial charge in [-0.3, -0.25) is 14.5 Å². The van der Waals surface area contributed by atoms with Crippen LogP contribution >= 0.6 is 0 Å². The van der Waals surface area contributed by atoms with Gasteiger partial charge in [0.05, 0.1) is 29.4 Å². The molecule has 1 aromatic carbocycles. The van der Waals surface area contributed by atoms with Gasteiger partial charge in [-0.2, -0.15) is 4.31 Å². The molecule has 154 valence electrons. The molecule has 0 saturated carbocycles. The fourth-order valence-corrected chi connectivity index (χ4v) is 5.12. The molecule has 2 saturated heterocycles. The molecule has 3 heterocycles. The maximum Gasteiger partial charge on any atom is 0.243 e. The molecule has 11 heteroatoms. The van der Waals surface area contributed by atoms with Gasteiger partial charge in [0, 0.05) is 33.0 Å². The molecule has 0 bridgehead atoms. The van der Waals surface area contributed by atoms with Crippen LogP contribution in [0.15, 0.2) is 35.4 Å². The number of amides is 2. The SMILES string of the molecule is COCc1cn([C@@H]2CCN(S(=O)(=O)c3ccc(N4C(=O)CCC4=O)cc3)C2)nn1. The maximum atomic E-state index is 13.0. The fourth-order valence-electron chi connectivity index (χ4n) is 3.63. The first-order valence-electron chi connectivity index (χ1n) is 9.26. The number of carbonyl (C=O) groups excluding carboxylic acids is 2. The van der Waals surface area contributed by atoms with Gasteiger partial charge < -0.3 is 4.74 Å². The quantitative estimate of drug-likeness (QED) is 0.634. The van der Waals surface area contributed by atoms with Crippen molar-refractivity contribution in [3.63, 3.8) is 0 Å². The Balaban J connectivity index is 1.48. The Morgan fingerprint density at radius 2 is 1.83 bits per heavy atom. The average Bonchev–Trinajstić information content (AvgIpc) is 3.43. The van der Waals surface area contributed by atoms with E-state index in [1.165, 1.54) is 28.6 Å². The molecule has 4 rings (SSSR count). The van der Waals surface area contributed by atoms with Crippen LogP contribution in [0.25, 0.3) is 0 Å². The number of nitrogens with zero attached hydrogens (tertiary/aromatic N) is 5. The van der Waals surface area contributed by atoms with E-state index < -0.39 is 10.0 Å². The van der Waals surface area contributed by atoms with E-state index >= 15 is 0 Å². The molecule has 0 aliphatic carbocycles. The summed E-state index contributed by atoms with van der Waals surface area (Å²) in [6.07, 6.45) is 2.76. The van der Waals surface area contributed by atoms with Gasteiger partial charge in [-0.05, 0) is 30.7 Å². The molecule has 0 N–H and O–H groups in total. The maximum absolute atomic E-state index is 13.0. The van der Waals surface area contributed by atoms with E-state index in [1.54, 1.807) is 18.0 Å². The van der Waals surface area contributed by atoms with Gasteiger partial charge in [0.1, 0.15) is 5.69 Å². The van der Waals surface area contributed by atoms with Crippen molar-refractivity contribution in [3.8, 4) is 0 Å². The van der Waals surface area contributed by atoms with Crippen LogP contribution in [0.5, 0.6) is 0 Å². The third-order valence-corrected chi connectivity index (χ3v) is 7.01. The monoisotopic (exact) mass is 419 g/mol. The summed E-state index contributed by atoms with van der Waals surface area (Å²) in [6, 6.07) is 5.76. The molecular weight excluding hydrogens is 398 g/mol. The summed E-state index contributed by atoms with van der Waals surface area (Å²) in [4.78, 5) is 24.9. The number of methoxy groups -OCH3 is 1. The highest BCUT2D eigenvalue weighted by atomic mass is 32.2. The lowest BCUT2D eigenvalue weighted by molar-refractivity contribution is -0.121. The normalized spacial score (nSPS) is 20.7. The second kappa shape index (κ2) is 7.65. The van der Waals surface area contributed by atoms with Crippen molar-refractivity contribution >= 4 is 27.5 Å². The number of ether oxygens (including phenoxy) is 1. The smallest absolute Gasteiger partial charge is 0.243 e. The van der Waals surface area contributed by atoms with Crippen LogP contribution < -0.4 is 4.90 Å². The molecule has 2 aliphatic heterocycles. The number of anilines is 1. The van der Waals surface area contributed by atoms with Crippen molar-refractivity contribution in [2.75, 3.05) is 25.1 Å². The first kappa shape index (κ1) is 19.7. The number of hydrogen-bond acceptors (Lipinski definition) is 7. The topological polar surface area (TPSA) is 115 Å². The largest absolute Gasteiger partial charge is 0.378 e. The second-order valence-electron chi connectivity index (χ2n) is 7.05. The summed E-state index contributed by atoms with van der Waals surface area (Å²) >= 11 is 0. The van der Waals surface area contributed by atoms with E-state index in [0.29, 0.717) is 37.5 Å². The van der Waals surface area contributed by atoms with Crippen molar-refractivity contribution < 1.29 is 22.7 Å². The van der Waals surface area contributed by atoms with Gasteiger partial charge in [-0.1, -0.05) is 5.21 Å². The zero-order chi connectivity index (χ0) is 20.6. The summed E-state index contributed by atoms with van der Waals surface area (Å²) in [5.74, 6) is -0.540. The highest BCUT2D eigenvalue weighted by Crippen LogP contribution is 2.29. The summed E-state index contributed by atoms with van der Waals surface area (Å²) in [5.41, 5.74) is 1.08. The lowest BCUT2D eigenvalue weighted by Crippen LogP contribution is -2.30. The summed E-state index contributed by atoms with van der Waals surface area (Å²) in [5, 5.41) is 8.09. The van der Waals surface area contributed by atoms with Gasteiger partial charge in [0.2, 0.25) is 21.8 Å². The Labute approximate surface area is 168 Å². The van der Waals surface area contributed by atoms with Gasteiger partial charge >= 0.3 is 0 Å². The van der Waals surface area contributed by atoms with Crippen LogP contribution in [0.4, 0.5) is 5.69 Å². The molecule has 2 fully saturated rings. The Kier molecular flexibility index (Phi) is 5.19. The van der Waals surface area contributed by atoms with Gasteiger partial charge in [0.15, 0.2) is 0 Å². The van der Waals surface area contributed by atoms with E-state index in [-0.39, 0.29) is 35.6 Å². The standard InChI is InChI=1S/C18H21N5O5S/c1-28-12-13-10-22(20-19-13)15-8-9-21(11-15)29(26,27)16-4-2-14(3-5-16)23-17(24)6-7-18(23)25/h2-5,10,15H,6-9,11-12H2,1H3/t15-/m1/s1. The second-order valence-corrected chi connectivity index (χ2v) is 8.98. The molecule has 10 nitrogen and oxygen atoms in total. The van der Waals surface area contributed by atoms with Crippen molar-refractivity contribution in [3.05, 3.63) is 36.2 Å². The fraction of sp³-hybridized carbons (Fsp3) is 0.444. The van der Waals surface area contributed by atoms with Gasteiger partial charge in [-0.15, -0.1) is 5.10 Å². The molecule has 0 unspecified atom stereocenters. The number of aromatic nitrogens is 3. The minimum absolute atomic E-state index is 0.0954. The van der Waals surface area contributed by atoms with E-state index in [1.807, 2.05) is 0 Å². The van der Waals surface area contributed by atoms with Crippen molar-refractivity contribution in [1.29, 1.82) is 0 Å². The Hall–Kier alpha value is -2.63. The van der Waals surface area contributed by atoms with Crippen molar-refractivity contribution in [1.82, 2.24) is 19.3 Å². The van der Waals surface area contributed by atoms with Crippen LogP contribution in [0, 0.1) is 0 Å². The number of sulfonamides is 1. The third kappa shape index (κ3) is 3.68. The van der Waals surface area contributed by atoms with Crippen LogP contribution in [-0.2, 0) is 31.0 Å². The molecule has 0 radical (unpaired) electrons. The predicted octanol–water partition coefficient (Wildman–Crippen LogP) is 0.714. The van der Waals surface area contributed by atoms with E-state index in [2.05, 4.69) is 10.3 Å². The third-order valence-electron chi connectivity index (χ3n) is 5.13. The minimum atomic E-state index is -3.69. The minimum Gasteiger partial charge on any atom is -0.378 e. The lowest BCUT2D eigenvalue weighted by atomic mass is 10.3. The molecule has 2 aromatic rings. The molecule has 1 atom stereocenters. The number of imide groups is 1. The van der Waals surface area contributed by atoms with Crippen LogP contribution in [0.2, 0.25) is 0 Å². The Morgan fingerprint density at radius 3 is 2.48 bits per heavy atom. The van der Waals surface area contributed by atoms with Crippen LogP contribution in [-0.4, -0.2) is 59.7 Å². The Bertz CT molecular complexity index is 1020. The predicted molar refractivity (Wildman–Crippen MR) is 101 cm³/mol. The lowest BCUT2D eigenvalue weighted by Gasteiger charge is -2.18. The van der Waals surface area contributed by atoms with Crippen molar-refractivity contribution in [2.24, 2.45) is 0 Å². The molecule has 29 heavy (non-hydrogen) atoms. The van der Waals surface area contributed by atoms with E-state index in [0.717, 1.165) is 4.90 Å². The van der Waals surface area contributed by atoms with Gasteiger partial charge in [0.25, 0.3) is 0 Å². The zero-order valence-electron chi connectivity index (χ0n) is 15.9. The molecule has 0 spiro atoms. The number of rotatable bonds is 6.